The summed E-state index contributed by atoms with van der Waals surface area (Å²) in [5, 5.41) is 2.47. The molecule has 4 rings (SSSR count). The molecule has 0 aromatic rings. The molecule has 18 heavy (non-hydrogen) atoms. The van der Waals surface area contributed by atoms with Gasteiger partial charge in [0.05, 0.1) is 0 Å². The molecule has 4 fully saturated rings. The third-order valence-electron chi connectivity index (χ3n) is 6.73. The van der Waals surface area contributed by atoms with Crippen molar-refractivity contribution in [2.75, 3.05) is 13.1 Å². The Balaban J connectivity index is 1.56. The first kappa shape index (κ1) is 11.7. The lowest BCUT2D eigenvalue weighted by Gasteiger charge is -2.47. The molecule has 102 valence electrons. The number of hydrogen-bond donors (Lipinski definition) is 2. The predicted molar refractivity (Wildman–Crippen MR) is 72.5 cm³/mol. The summed E-state index contributed by atoms with van der Waals surface area (Å²) >= 11 is 0. The molecular weight excluding hydrogens is 222 g/mol. The van der Waals surface area contributed by atoms with Gasteiger partial charge in [0.25, 0.3) is 0 Å². The fraction of sp³-hybridized carbons (Fsp3) is 1.00. The highest BCUT2D eigenvalue weighted by Gasteiger charge is 2.68. The van der Waals surface area contributed by atoms with E-state index in [-0.39, 0.29) is 0 Å². The molecule has 2 aliphatic heterocycles. The molecule has 0 radical (unpaired) electrons. The molecule has 0 spiro atoms. The van der Waals surface area contributed by atoms with E-state index in [1.54, 1.807) is 0 Å². The van der Waals surface area contributed by atoms with E-state index >= 15 is 0 Å². The maximum absolute atomic E-state index is 3.35. The van der Waals surface area contributed by atoms with E-state index < -0.39 is 0 Å². The molecule has 0 bridgehead atoms. The van der Waals surface area contributed by atoms with Crippen LogP contribution in [0.15, 0.2) is 0 Å². The molecular formula is C15H27N3. The van der Waals surface area contributed by atoms with Crippen molar-refractivity contribution in [3.05, 3.63) is 0 Å². The first-order valence-corrected chi connectivity index (χ1v) is 7.93. The third-order valence-corrected chi connectivity index (χ3v) is 6.73. The number of piperidine rings is 1. The van der Waals surface area contributed by atoms with E-state index in [1.165, 1.54) is 45.1 Å². The Morgan fingerprint density at radius 3 is 3.06 bits per heavy atom. The van der Waals surface area contributed by atoms with E-state index in [0.717, 1.165) is 29.8 Å². The van der Waals surface area contributed by atoms with Gasteiger partial charge in [0, 0.05) is 19.1 Å². The lowest BCUT2D eigenvalue weighted by Crippen LogP contribution is -2.52. The van der Waals surface area contributed by atoms with E-state index in [2.05, 4.69) is 29.8 Å². The number of nitrogens with zero attached hydrogens (tertiary/aromatic N) is 1. The van der Waals surface area contributed by atoms with Crippen LogP contribution in [0.5, 0.6) is 0 Å². The van der Waals surface area contributed by atoms with Crippen molar-refractivity contribution < 1.29 is 0 Å². The summed E-state index contributed by atoms with van der Waals surface area (Å²) < 4.78 is 0. The molecule has 0 aromatic carbocycles. The van der Waals surface area contributed by atoms with Crippen molar-refractivity contribution in [2.24, 2.45) is 22.7 Å². The number of fused-ring (bicyclic) bond motifs is 4. The smallest absolute Gasteiger partial charge is 0.0426 e. The Kier molecular flexibility index (Phi) is 2.41. The molecule has 5 atom stereocenters. The van der Waals surface area contributed by atoms with Crippen LogP contribution < -0.4 is 11.0 Å². The second kappa shape index (κ2) is 3.71. The minimum atomic E-state index is 0.690. The molecule has 2 saturated carbocycles. The van der Waals surface area contributed by atoms with Crippen LogP contribution in [-0.2, 0) is 0 Å². The van der Waals surface area contributed by atoms with Gasteiger partial charge in [0.15, 0.2) is 0 Å². The van der Waals surface area contributed by atoms with Gasteiger partial charge in [-0.2, -0.15) is 5.53 Å². The molecule has 2 heterocycles. The van der Waals surface area contributed by atoms with Crippen LogP contribution >= 0.6 is 0 Å². The molecule has 3 nitrogen and oxygen atoms in total. The van der Waals surface area contributed by atoms with Gasteiger partial charge in [0.2, 0.25) is 0 Å². The standard InChI is InChI=1S/C15H27N3/c1-3-5-15-7-11-4-6-18-13(9-16-17-18)12(11)8-14(15,2)10-15/h11-13,16-17H,3-10H2,1-2H3/t11?,12?,13?,14-,15?/m0/s1. The molecule has 3 heteroatoms. The van der Waals surface area contributed by atoms with Crippen LogP contribution in [0.2, 0.25) is 0 Å². The minimum absolute atomic E-state index is 0.690. The van der Waals surface area contributed by atoms with Crippen molar-refractivity contribution in [1.29, 1.82) is 0 Å². The summed E-state index contributed by atoms with van der Waals surface area (Å²) in [6, 6.07) is 0.765. The van der Waals surface area contributed by atoms with Gasteiger partial charge in [0.1, 0.15) is 0 Å². The Morgan fingerprint density at radius 1 is 1.33 bits per heavy atom. The lowest BCUT2D eigenvalue weighted by atomic mass is 9.63. The Bertz CT molecular complexity index is 358. The molecule has 0 amide bonds. The largest absolute Gasteiger partial charge is 0.242 e. The number of rotatable bonds is 2. The average molecular weight is 249 g/mol. The van der Waals surface area contributed by atoms with Gasteiger partial charge in [-0.3, -0.25) is 0 Å². The zero-order chi connectivity index (χ0) is 12.4. The molecule has 2 saturated heterocycles. The van der Waals surface area contributed by atoms with Crippen LogP contribution in [0, 0.1) is 22.7 Å². The van der Waals surface area contributed by atoms with Crippen LogP contribution in [0.3, 0.4) is 0 Å². The van der Waals surface area contributed by atoms with E-state index in [0.29, 0.717) is 5.41 Å². The predicted octanol–water partition coefficient (Wildman–Crippen LogP) is 2.31. The highest BCUT2D eigenvalue weighted by Crippen LogP contribution is 2.75. The maximum atomic E-state index is 3.35. The topological polar surface area (TPSA) is 27.3 Å². The molecule has 2 aliphatic carbocycles. The van der Waals surface area contributed by atoms with Crippen LogP contribution in [-0.4, -0.2) is 24.1 Å². The SMILES string of the molecule is CCCC12CC3CCN4NNCC4C3C[C@@]1(C)C2. The third kappa shape index (κ3) is 1.41. The molecule has 4 unspecified atom stereocenters. The minimum Gasteiger partial charge on any atom is -0.242 e. The van der Waals surface area contributed by atoms with E-state index in [4.69, 9.17) is 0 Å². The van der Waals surface area contributed by atoms with Gasteiger partial charge >= 0.3 is 0 Å². The van der Waals surface area contributed by atoms with Crippen molar-refractivity contribution in [3.63, 3.8) is 0 Å². The molecule has 4 aliphatic rings. The lowest BCUT2D eigenvalue weighted by molar-refractivity contribution is -0.00755. The summed E-state index contributed by atoms with van der Waals surface area (Å²) in [5.74, 6) is 1.95. The fourth-order valence-electron chi connectivity index (χ4n) is 5.74. The van der Waals surface area contributed by atoms with Crippen molar-refractivity contribution in [3.8, 4) is 0 Å². The second-order valence-electron chi connectivity index (χ2n) is 7.64. The Labute approximate surface area is 111 Å². The van der Waals surface area contributed by atoms with Crippen molar-refractivity contribution in [1.82, 2.24) is 16.0 Å². The van der Waals surface area contributed by atoms with Gasteiger partial charge in [-0.05, 0) is 54.8 Å². The number of hydrazine groups is 2. The molecule has 2 N–H and O–H groups in total. The summed E-state index contributed by atoms with van der Waals surface area (Å²) in [7, 11) is 0. The highest BCUT2D eigenvalue weighted by molar-refractivity contribution is 5.17. The first-order valence-electron chi connectivity index (χ1n) is 7.93. The monoisotopic (exact) mass is 249 g/mol. The van der Waals surface area contributed by atoms with Gasteiger partial charge in [-0.1, -0.05) is 20.3 Å². The van der Waals surface area contributed by atoms with Crippen LogP contribution in [0.4, 0.5) is 0 Å². The Morgan fingerprint density at radius 2 is 2.22 bits per heavy atom. The van der Waals surface area contributed by atoms with Crippen LogP contribution in [0.1, 0.15) is 52.4 Å². The summed E-state index contributed by atoms with van der Waals surface area (Å²) in [6.07, 6.45) is 8.82. The van der Waals surface area contributed by atoms with Gasteiger partial charge < -0.3 is 0 Å². The maximum Gasteiger partial charge on any atom is 0.0426 e. The summed E-state index contributed by atoms with van der Waals surface area (Å²) in [4.78, 5) is 0. The van der Waals surface area contributed by atoms with Gasteiger partial charge in [-0.15, -0.1) is 0 Å². The Hall–Kier alpha value is -0.120. The van der Waals surface area contributed by atoms with Crippen molar-refractivity contribution >= 4 is 0 Å². The summed E-state index contributed by atoms with van der Waals surface area (Å²) in [6.45, 7) is 7.34. The first-order chi connectivity index (χ1) is 8.67. The van der Waals surface area contributed by atoms with Crippen molar-refractivity contribution in [2.45, 2.75) is 58.4 Å². The van der Waals surface area contributed by atoms with Crippen LogP contribution in [0.25, 0.3) is 0 Å². The second-order valence-corrected chi connectivity index (χ2v) is 7.64. The van der Waals surface area contributed by atoms with E-state index in [1.807, 2.05) is 0 Å². The quantitative estimate of drug-likeness (QED) is 0.786. The highest BCUT2D eigenvalue weighted by atomic mass is 15.7. The molecule has 0 aromatic heterocycles. The zero-order valence-corrected chi connectivity index (χ0v) is 11.8. The number of nitrogens with one attached hydrogen (secondary N) is 2. The zero-order valence-electron chi connectivity index (χ0n) is 11.8. The number of hydrogen-bond acceptors (Lipinski definition) is 3. The normalized spacial score (nSPS) is 54.7. The average Bonchev–Trinajstić information content (AvgIpc) is 2.72. The van der Waals surface area contributed by atoms with Gasteiger partial charge in [-0.25, -0.2) is 10.4 Å². The van der Waals surface area contributed by atoms with E-state index in [9.17, 15) is 0 Å². The fourth-order valence-corrected chi connectivity index (χ4v) is 5.74. The summed E-state index contributed by atoms with van der Waals surface area (Å²) in [5.41, 5.74) is 8.14.